The van der Waals surface area contributed by atoms with Crippen LogP contribution in [-0.4, -0.2) is 40.4 Å². The van der Waals surface area contributed by atoms with E-state index < -0.39 is 55.3 Å². The van der Waals surface area contributed by atoms with Crippen molar-refractivity contribution in [2.24, 2.45) is 5.92 Å². The number of aromatic nitrogens is 2. The van der Waals surface area contributed by atoms with Crippen LogP contribution in [0, 0.1) is 11.7 Å². The number of carbonyl (C=O) groups is 1. The molecule has 2 N–H and O–H groups in total. The molecule has 13 heteroatoms. The van der Waals surface area contributed by atoms with Gasteiger partial charge < -0.3 is 14.0 Å². The second-order valence-electron chi connectivity index (χ2n) is 10.1. The van der Waals surface area contributed by atoms with Crippen molar-refractivity contribution in [3.05, 3.63) is 87.4 Å². The van der Waals surface area contributed by atoms with Crippen molar-refractivity contribution in [3.8, 4) is 16.9 Å². The van der Waals surface area contributed by atoms with Gasteiger partial charge in [0.1, 0.15) is 23.8 Å². The number of rotatable bonds is 11. The average Bonchev–Trinajstić information content (AvgIpc) is 3.28. The first kappa shape index (κ1) is 30.4. The molecule has 1 fully saturated rings. The van der Waals surface area contributed by atoms with Crippen LogP contribution < -0.4 is 20.9 Å². The summed E-state index contributed by atoms with van der Waals surface area (Å²) in [5.74, 6) is -1.52. The van der Waals surface area contributed by atoms with Gasteiger partial charge >= 0.3 is 19.4 Å². The number of ether oxygens (including phenoxy) is 2. The number of hydrogen-bond acceptors (Lipinski definition) is 8. The molecule has 5 atom stereocenters. The Balaban J connectivity index is 1.51. The Hall–Kier alpha value is -3.57. The minimum atomic E-state index is -4.30. The Morgan fingerprint density at radius 3 is 2.56 bits per heavy atom. The van der Waals surface area contributed by atoms with Crippen molar-refractivity contribution < 1.29 is 32.3 Å². The molecule has 11 nitrogen and oxygen atoms in total. The zero-order chi connectivity index (χ0) is 29.7. The fourth-order valence-corrected chi connectivity index (χ4v) is 5.94. The number of benzene rings is 2. The number of nitrogens with zero attached hydrogens (tertiary/aromatic N) is 1. The number of aromatic amines is 1. The minimum Gasteiger partial charge on any atom is -0.462 e. The summed E-state index contributed by atoms with van der Waals surface area (Å²) in [6.45, 7) is 6.42. The zero-order valence-corrected chi connectivity index (χ0v) is 24.0. The number of esters is 1. The summed E-state index contributed by atoms with van der Waals surface area (Å²) in [4.78, 5) is 38.3. The van der Waals surface area contributed by atoms with E-state index in [4.69, 9.17) is 18.5 Å². The van der Waals surface area contributed by atoms with Gasteiger partial charge in [-0.15, -0.1) is 0 Å². The fourth-order valence-electron chi connectivity index (χ4n) is 4.43. The highest BCUT2D eigenvalue weighted by Crippen LogP contribution is 2.47. The van der Waals surface area contributed by atoms with Crippen LogP contribution in [0.3, 0.4) is 0 Å². The normalized spacial score (nSPS) is 20.9. The van der Waals surface area contributed by atoms with Crippen molar-refractivity contribution in [1.82, 2.24) is 14.6 Å². The molecule has 0 spiro atoms. The van der Waals surface area contributed by atoms with Crippen LogP contribution in [0.5, 0.6) is 5.75 Å². The maximum Gasteiger partial charge on any atom is 0.459 e. The van der Waals surface area contributed by atoms with Crippen molar-refractivity contribution in [2.75, 3.05) is 6.61 Å². The molecule has 1 saturated heterocycles. The minimum absolute atomic E-state index is 0.0826. The lowest BCUT2D eigenvalue weighted by atomic mass is 10.1. The number of H-pyrrole nitrogens is 1. The predicted octanol–water partition coefficient (Wildman–Crippen LogP) is 4.40. The second-order valence-corrected chi connectivity index (χ2v) is 11.8. The zero-order valence-electron chi connectivity index (χ0n) is 23.1. The van der Waals surface area contributed by atoms with Gasteiger partial charge in [-0.25, -0.2) is 13.8 Å². The van der Waals surface area contributed by atoms with E-state index in [2.05, 4.69) is 10.1 Å². The Morgan fingerprint density at radius 1 is 1.17 bits per heavy atom. The molecule has 0 saturated carbocycles. The first-order valence-electron chi connectivity index (χ1n) is 13.2. The van der Waals surface area contributed by atoms with Gasteiger partial charge in [0.25, 0.3) is 5.56 Å². The van der Waals surface area contributed by atoms with Crippen molar-refractivity contribution in [2.45, 2.75) is 58.6 Å². The van der Waals surface area contributed by atoms with Crippen LogP contribution in [0.25, 0.3) is 11.1 Å². The summed E-state index contributed by atoms with van der Waals surface area (Å²) in [5.41, 5.74) is -0.167. The van der Waals surface area contributed by atoms with Crippen LogP contribution in [0.15, 0.2) is 70.4 Å². The highest BCUT2D eigenvalue weighted by molar-refractivity contribution is 7.52. The Morgan fingerprint density at radius 2 is 1.90 bits per heavy atom. The summed E-state index contributed by atoms with van der Waals surface area (Å²) >= 11 is 0. The van der Waals surface area contributed by atoms with Gasteiger partial charge in [0.05, 0.1) is 18.8 Å². The van der Waals surface area contributed by atoms with Crippen LogP contribution in [0.1, 0.15) is 40.3 Å². The molecule has 1 aliphatic rings. The van der Waals surface area contributed by atoms with E-state index in [9.17, 15) is 18.9 Å². The van der Waals surface area contributed by atoms with Crippen LogP contribution in [0.4, 0.5) is 4.39 Å². The van der Waals surface area contributed by atoms with Gasteiger partial charge in [-0.05, 0) is 44.9 Å². The fraction of sp³-hybridized carbons (Fsp3) is 0.393. The molecule has 3 aromatic rings. The largest absolute Gasteiger partial charge is 0.462 e. The van der Waals surface area contributed by atoms with Crippen LogP contribution in [-0.2, 0) is 23.4 Å². The third-order valence-electron chi connectivity index (χ3n) is 6.32. The lowest BCUT2D eigenvalue weighted by Crippen LogP contribution is -2.36. The van der Waals surface area contributed by atoms with Crippen molar-refractivity contribution in [1.29, 1.82) is 0 Å². The van der Waals surface area contributed by atoms with Gasteiger partial charge in [-0.3, -0.25) is 23.7 Å². The highest BCUT2D eigenvalue weighted by Gasteiger charge is 2.38. The molecular formula is C28H33FN3O8P. The summed E-state index contributed by atoms with van der Waals surface area (Å²) in [6.07, 6.45) is 0.0657. The smallest absolute Gasteiger partial charge is 0.459 e. The summed E-state index contributed by atoms with van der Waals surface area (Å²) in [7, 11) is -4.30. The maximum atomic E-state index is 15.0. The molecule has 0 radical (unpaired) electrons. The third-order valence-corrected chi connectivity index (χ3v) is 7.96. The van der Waals surface area contributed by atoms with E-state index in [-0.39, 0.29) is 18.3 Å². The standard InChI is InChI=1S/C28H33FN3O8P/c1-17(2)38-27(34)19(4)31-41(36,40-21-10-11-23(24(29)15-21)20-8-6-5-7-9-20)37-16-22-14-18(3)26(39-22)32-13-12-25(33)30-28(32)35/h5-13,15,17-19,22,26H,14,16H2,1-4H3,(H,31,36)(H,30,33,35)/t18-,19-,22-,26+,41?/m0/s1. The van der Waals surface area contributed by atoms with Gasteiger partial charge in [-0.1, -0.05) is 37.3 Å². The van der Waals surface area contributed by atoms with Gasteiger partial charge in [0, 0.05) is 29.8 Å². The first-order valence-corrected chi connectivity index (χ1v) is 14.7. The molecular weight excluding hydrogens is 556 g/mol. The van der Waals surface area contributed by atoms with Gasteiger partial charge in [0.15, 0.2) is 0 Å². The highest BCUT2D eigenvalue weighted by atomic mass is 31.2. The summed E-state index contributed by atoms with van der Waals surface area (Å²) in [6, 6.07) is 13.1. The van der Waals surface area contributed by atoms with E-state index in [0.717, 1.165) is 6.07 Å². The molecule has 0 aliphatic carbocycles. The molecule has 220 valence electrons. The number of halogens is 1. The lowest BCUT2D eigenvalue weighted by Gasteiger charge is -2.24. The summed E-state index contributed by atoms with van der Waals surface area (Å²) in [5, 5.41) is 2.57. The second kappa shape index (κ2) is 12.9. The molecule has 2 heterocycles. The SMILES string of the molecule is CC(C)OC(=O)[C@H](C)NP(=O)(OC[C@@H]1C[C@H](C)[C@H](n2ccc(=O)[nH]c2=O)O1)Oc1ccc(-c2ccccc2)c(F)c1. The number of nitrogens with one attached hydrogen (secondary N) is 2. The predicted molar refractivity (Wildman–Crippen MR) is 149 cm³/mol. The Bertz CT molecular complexity index is 1530. The average molecular weight is 590 g/mol. The van der Waals surface area contributed by atoms with Crippen molar-refractivity contribution >= 4 is 13.7 Å². The Kier molecular flexibility index (Phi) is 9.60. The molecule has 4 rings (SSSR count). The topological polar surface area (TPSA) is 138 Å². The molecule has 0 bridgehead atoms. The van der Waals surface area contributed by atoms with Crippen LogP contribution >= 0.6 is 7.75 Å². The number of carbonyl (C=O) groups excluding carboxylic acids is 1. The molecule has 41 heavy (non-hydrogen) atoms. The molecule has 0 amide bonds. The Labute approximate surface area is 236 Å². The first-order chi connectivity index (χ1) is 19.4. The lowest BCUT2D eigenvalue weighted by molar-refractivity contribution is -0.149. The van der Waals surface area contributed by atoms with Gasteiger partial charge in [0.2, 0.25) is 0 Å². The van der Waals surface area contributed by atoms with E-state index in [1.165, 1.54) is 35.9 Å². The van der Waals surface area contributed by atoms with E-state index in [1.807, 2.05) is 13.0 Å². The summed E-state index contributed by atoms with van der Waals surface area (Å²) < 4.78 is 52.7. The molecule has 1 unspecified atom stereocenters. The third kappa shape index (κ3) is 7.80. The molecule has 2 aromatic carbocycles. The van der Waals surface area contributed by atoms with Crippen molar-refractivity contribution in [3.63, 3.8) is 0 Å². The maximum absolute atomic E-state index is 15.0. The van der Waals surface area contributed by atoms with Gasteiger partial charge in [-0.2, -0.15) is 5.09 Å². The van der Waals surface area contributed by atoms with Crippen LogP contribution in [0.2, 0.25) is 0 Å². The quantitative estimate of drug-likeness (QED) is 0.246. The van der Waals surface area contributed by atoms with E-state index in [1.54, 1.807) is 38.1 Å². The van der Waals surface area contributed by atoms with E-state index >= 15 is 4.39 Å². The number of hydrogen-bond donors (Lipinski definition) is 2. The molecule has 1 aromatic heterocycles. The molecule has 1 aliphatic heterocycles. The monoisotopic (exact) mass is 589 g/mol. The van der Waals surface area contributed by atoms with E-state index in [0.29, 0.717) is 17.5 Å².